The van der Waals surface area contributed by atoms with Crippen molar-refractivity contribution in [1.29, 1.82) is 0 Å². The lowest BCUT2D eigenvalue weighted by atomic mass is 9.78. The molecule has 6 nitrogen and oxygen atoms in total. The zero-order chi connectivity index (χ0) is 20.4. The van der Waals surface area contributed by atoms with Gasteiger partial charge in [0.25, 0.3) is 5.91 Å². The van der Waals surface area contributed by atoms with Gasteiger partial charge in [0.05, 0.1) is 20.3 Å². The predicted molar refractivity (Wildman–Crippen MR) is 109 cm³/mol. The Hall–Kier alpha value is -2.73. The Kier molecular flexibility index (Phi) is 5.62. The van der Waals surface area contributed by atoms with Crippen molar-refractivity contribution in [3.8, 4) is 17.2 Å². The van der Waals surface area contributed by atoms with Crippen molar-refractivity contribution in [3.63, 3.8) is 0 Å². The number of carbonyl (C=O) groups is 1. The van der Waals surface area contributed by atoms with Gasteiger partial charge in [-0.1, -0.05) is 18.2 Å². The molecule has 1 saturated carbocycles. The van der Waals surface area contributed by atoms with Crippen LogP contribution in [0.5, 0.6) is 17.2 Å². The van der Waals surface area contributed by atoms with Gasteiger partial charge in [0.1, 0.15) is 11.9 Å². The normalized spacial score (nSPS) is 26.0. The maximum atomic E-state index is 13.0. The fraction of sp³-hybridized carbons (Fsp3) is 0.435. The molecule has 29 heavy (non-hydrogen) atoms. The molecule has 1 amide bonds. The number of nitrogens with zero attached hydrogens (tertiary/aromatic N) is 1. The second kappa shape index (κ2) is 8.33. The summed E-state index contributed by atoms with van der Waals surface area (Å²) in [4.78, 5) is 14.8. The van der Waals surface area contributed by atoms with Crippen LogP contribution < -0.4 is 14.2 Å². The molecule has 1 aliphatic carbocycles. The van der Waals surface area contributed by atoms with Gasteiger partial charge in [0.2, 0.25) is 0 Å². The Balaban J connectivity index is 1.44. The number of benzene rings is 2. The minimum absolute atomic E-state index is 0.00925. The van der Waals surface area contributed by atoms with Crippen LogP contribution in [0.4, 0.5) is 0 Å². The van der Waals surface area contributed by atoms with Crippen LogP contribution in [-0.4, -0.2) is 55.4 Å². The summed E-state index contributed by atoms with van der Waals surface area (Å²) in [7, 11) is 3.20. The Morgan fingerprint density at radius 1 is 0.966 bits per heavy atom. The number of likely N-dealkylation sites (tertiary alicyclic amines) is 1. The molecule has 1 N–H and O–H groups in total. The lowest BCUT2D eigenvalue weighted by Gasteiger charge is -2.35. The number of hydrogen-bond donors (Lipinski definition) is 1. The lowest BCUT2D eigenvalue weighted by Crippen LogP contribution is -2.42. The molecule has 6 heteroatoms. The summed E-state index contributed by atoms with van der Waals surface area (Å²) in [6.07, 6.45) is 0.477. The van der Waals surface area contributed by atoms with Crippen LogP contribution in [0.2, 0.25) is 0 Å². The van der Waals surface area contributed by atoms with E-state index in [0.29, 0.717) is 54.7 Å². The number of methoxy groups -OCH3 is 2. The van der Waals surface area contributed by atoms with Gasteiger partial charge >= 0.3 is 0 Å². The van der Waals surface area contributed by atoms with Crippen LogP contribution in [0.1, 0.15) is 23.2 Å². The molecule has 154 valence electrons. The summed E-state index contributed by atoms with van der Waals surface area (Å²) in [5, 5.41) is 10.7. The topological polar surface area (TPSA) is 68.2 Å². The number of fused-ring (bicyclic) bond motifs is 1. The summed E-state index contributed by atoms with van der Waals surface area (Å²) in [5.41, 5.74) is 0.630. The first kappa shape index (κ1) is 19.6. The summed E-state index contributed by atoms with van der Waals surface area (Å²) in [6, 6.07) is 14.7. The van der Waals surface area contributed by atoms with E-state index in [4.69, 9.17) is 14.2 Å². The van der Waals surface area contributed by atoms with Crippen LogP contribution in [0.15, 0.2) is 48.5 Å². The molecular weight excluding hydrogens is 370 g/mol. The van der Waals surface area contributed by atoms with Gasteiger partial charge in [-0.15, -0.1) is 0 Å². The number of rotatable bonds is 5. The maximum Gasteiger partial charge on any atom is 0.254 e. The van der Waals surface area contributed by atoms with Crippen LogP contribution in [0.25, 0.3) is 0 Å². The van der Waals surface area contributed by atoms with E-state index in [0.717, 1.165) is 0 Å². The quantitative estimate of drug-likeness (QED) is 0.840. The zero-order valence-electron chi connectivity index (χ0n) is 16.8. The van der Waals surface area contributed by atoms with Crippen molar-refractivity contribution in [2.24, 2.45) is 11.8 Å². The summed E-state index contributed by atoms with van der Waals surface area (Å²) in [5.74, 6) is 2.58. The van der Waals surface area contributed by atoms with Gasteiger partial charge in [-0.2, -0.15) is 0 Å². The molecule has 1 heterocycles. The van der Waals surface area contributed by atoms with E-state index in [-0.39, 0.29) is 17.9 Å². The van der Waals surface area contributed by atoms with Gasteiger partial charge < -0.3 is 24.2 Å². The lowest BCUT2D eigenvalue weighted by molar-refractivity contribution is -0.0240. The molecule has 0 bridgehead atoms. The monoisotopic (exact) mass is 397 g/mol. The van der Waals surface area contributed by atoms with E-state index in [1.165, 1.54) is 0 Å². The largest absolute Gasteiger partial charge is 0.497 e. The van der Waals surface area contributed by atoms with Crippen LogP contribution >= 0.6 is 0 Å². The van der Waals surface area contributed by atoms with Gasteiger partial charge in [0.15, 0.2) is 11.5 Å². The molecule has 0 spiro atoms. The number of ether oxygens (including phenoxy) is 3. The number of amides is 1. The molecule has 4 atom stereocenters. The van der Waals surface area contributed by atoms with E-state index in [9.17, 15) is 9.90 Å². The van der Waals surface area contributed by atoms with E-state index >= 15 is 0 Å². The number of aliphatic hydroxyl groups excluding tert-OH is 1. The zero-order valence-corrected chi connectivity index (χ0v) is 16.8. The van der Waals surface area contributed by atoms with Crippen molar-refractivity contribution >= 4 is 5.91 Å². The molecule has 1 aliphatic heterocycles. The number of aliphatic hydroxyl groups is 1. The molecule has 2 aromatic carbocycles. The van der Waals surface area contributed by atoms with Crippen LogP contribution in [0.3, 0.4) is 0 Å². The van der Waals surface area contributed by atoms with E-state index in [1.807, 2.05) is 47.4 Å². The second-order valence-corrected chi connectivity index (χ2v) is 7.81. The third-order valence-electron chi connectivity index (χ3n) is 6.04. The highest BCUT2D eigenvalue weighted by Crippen LogP contribution is 2.39. The SMILES string of the molecule is COc1cccc(C(=O)N2C[C@H]3C[C@@H](Oc4ccccc4OC)[C@H](O)C[C@H]3C2)c1. The highest BCUT2D eigenvalue weighted by Gasteiger charge is 2.44. The number of para-hydroxylation sites is 2. The van der Waals surface area contributed by atoms with E-state index in [2.05, 4.69) is 0 Å². The molecule has 0 unspecified atom stereocenters. The first-order valence-corrected chi connectivity index (χ1v) is 10.00. The van der Waals surface area contributed by atoms with Crippen molar-refractivity contribution in [2.45, 2.75) is 25.0 Å². The highest BCUT2D eigenvalue weighted by atomic mass is 16.5. The molecule has 4 rings (SSSR count). The molecule has 2 fully saturated rings. The van der Waals surface area contributed by atoms with Crippen molar-refractivity contribution in [1.82, 2.24) is 4.90 Å². The Morgan fingerprint density at radius 3 is 2.41 bits per heavy atom. The minimum Gasteiger partial charge on any atom is -0.497 e. The molecule has 2 aromatic rings. The fourth-order valence-electron chi connectivity index (χ4n) is 4.50. The first-order valence-electron chi connectivity index (χ1n) is 10.00. The minimum atomic E-state index is -0.562. The van der Waals surface area contributed by atoms with Crippen LogP contribution in [0, 0.1) is 11.8 Å². The Bertz CT molecular complexity index is 870. The maximum absolute atomic E-state index is 13.0. The van der Waals surface area contributed by atoms with Crippen LogP contribution in [-0.2, 0) is 0 Å². The highest BCUT2D eigenvalue weighted by molar-refractivity contribution is 5.94. The number of hydrogen-bond acceptors (Lipinski definition) is 5. The number of carbonyl (C=O) groups excluding carboxylic acids is 1. The molecule has 0 aromatic heterocycles. The van der Waals surface area contributed by atoms with Gasteiger partial charge in [-0.3, -0.25) is 4.79 Å². The first-order chi connectivity index (χ1) is 14.1. The third-order valence-corrected chi connectivity index (χ3v) is 6.04. The molecule has 0 radical (unpaired) electrons. The Morgan fingerprint density at radius 2 is 1.69 bits per heavy atom. The van der Waals surface area contributed by atoms with E-state index in [1.54, 1.807) is 20.3 Å². The summed E-state index contributed by atoms with van der Waals surface area (Å²) < 4.78 is 16.7. The van der Waals surface area contributed by atoms with Crippen molar-refractivity contribution in [3.05, 3.63) is 54.1 Å². The summed E-state index contributed by atoms with van der Waals surface area (Å²) >= 11 is 0. The average Bonchev–Trinajstić information content (AvgIpc) is 3.16. The molecular formula is C23H27NO5. The second-order valence-electron chi connectivity index (χ2n) is 7.81. The van der Waals surface area contributed by atoms with Gasteiger partial charge in [-0.25, -0.2) is 0 Å². The molecule has 1 saturated heterocycles. The molecule has 2 aliphatic rings. The van der Waals surface area contributed by atoms with Crippen molar-refractivity contribution in [2.75, 3.05) is 27.3 Å². The Labute approximate surface area is 171 Å². The van der Waals surface area contributed by atoms with Crippen molar-refractivity contribution < 1.29 is 24.1 Å². The summed E-state index contributed by atoms with van der Waals surface area (Å²) in [6.45, 7) is 1.35. The van der Waals surface area contributed by atoms with Gasteiger partial charge in [-0.05, 0) is 55.0 Å². The predicted octanol–water partition coefficient (Wildman–Crippen LogP) is 2.99. The third kappa shape index (κ3) is 4.03. The van der Waals surface area contributed by atoms with E-state index < -0.39 is 6.10 Å². The van der Waals surface area contributed by atoms with Gasteiger partial charge in [0, 0.05) is 18.7 Å². The smallest absolute Gasteiger partial charge is 0.254 e. The fourth-order valence-corrected chi connectivity index (χ4v) is 4.50. The average molecular weight is 397 g/mol. The standard InChI is InChI=1S/C23H27NO5/c1-27-18-7-5-6-15(10-18)23(26)24-13-16-11-19(25)22(12-17(16)14-24)29-21-9-4-3-8-20(21)28-2/h3-10,16-17,19,22,25H,11-14H2,1-2H3/t16-,17+,19+,22+/m0/s1.